The van der Waals surface area contributed by atoms with Crippen molar-refractivity contribution in [1.82, 2.24) is 9.62 Å². The van der Waals surface area contributed by atoms with Crippen LogP contribution >= 0.6 is 0 Å². The normalized spacial score (nSPS) is 24.8. The van der Waals surface area contributed by atoms with Gasteiger partial charge in [0.15, 0.2) is 0 Å². The minimum absolute atomic E-state index is 0.0192. The van der Waals surface area contributed by atoms with E-state index < -0.39 is 10.0 Å². The van der Waals surface area contributed by atoms with Gasteiger partial charge in [0.05, 0.1) is 5.25 Å². The lowest BCUT2D eigenvalue weighted by Gasteiger charge is -2.44. The minimum atomic E-state index is -3.09. The Labute approximate surface area is 130 Å². The second kappa shape index (κ2) is 4.80. The predicted octanol–water partition coefficient (Wildman–Crippen LogP) is 1.26. The van der Waals surface area contributed by atoms with E-state index in [1.54, 1.807) is 4.31 Å². The van der Waals surface area contributed by atoms with Gasteiger partial charge in [0.2, 0.25) is 10.0 Å². The van der Waals surface area contributed by atoms with Crippen molar-refractivity contribution < 1.29 is 13.2 Å². The molecule has 1 saturated heterocycles. The van der Waals surface area contributed by atoms with E-state index >= 15 is 0 Å². The molecule has 1 amide bonds. The maximum Gasteiger partial charge on any atom is 0.251 e. The molecule has 0 unspecified atom stereocenters. The van der Waals surface area contributed by atoms with Gasteiger partial charge in [0.25, 0.3) is 5.91 Å². The number of carbonyl (C=O) groups is 1. The smallest absolute Gasteiger partial charge is 0.251 e. The molecule has 1 spiro atoms. The Morgan fingerprint density at radius 3 is 2.50 bits per heavy atom. The number of hydrogen-bond donors (Lipinski definition) is 1. The largest absolute Gasteiger partial charge is 0.351 e. The van der Waals surface area contributed by atoms with Crippen LogP contribution in [0, 0.1) is 0 Å². The Morgan fingerprint density at radius 1 is 1.14 bits per heavy atom. The van der Waals surface area contributed by atoms with E-state index in [1.165, 1.54) is 0 Å². The molecule has 2 heterocycles. The Hall–Kier alpha value is -1.40. The van der Waals surface area contributed by atoms with Crippen LogP contribution < -0.4 is 5.32 Å². The Bertz CT molecular complexity index is 717. The van der Waals surface area contributed by atoms with Gasteiger partial charge in [0.1, 0.15) is 0 Å². The van der Waals surface area contributed by atoms with Crippen molar-refractivity contribution in [1.29, 1.82) is 0 Å². The molecule has 4 rings (SSSR count). The van der Waals surface area contributed by atoms with E-state index in [0.29, 0.717) is 19.6 Å². The lowest BCUT2D eigenvalue weighted by molar-refractivity contribution is 0.0906. The molecule has 2 aliphatic heterocycles. The Balaban J connectivity index is 1.61. The molecule has 1 aromatic carbocycles. The Kier molecular flexibility index (Phi) is 3.10. The standard InChI is InChI=1S/C16H20N2O3S/c19-15-13-3-1-2-4-14(13)16(11-17-15)7-9-18(10-8-16)22(20,21)12-5-6-12/h1-4,12H,5-11H2,(H,17,19). The van der Waals surface area contributed by atoms with E-state index in [9.17, 15) is 13.2 Å². The zero-order valence-corrected chi connectivity index (χ0v) is 13.2. The molecular formula is C16H20N2O3S. The van der Waals surface area contributed by atoms with Crippen LogP contribution in [0.3, 0.4) is 0 Å². The van der Waals surface area contributed by atoms with E-state index in [4.69, 9.17) is 0 Å². The van der Waals surface area contributed by atoms with E-state index in [0.717, 1.165) is 36.8 Å². The summed E-state index contributed by atoms with van der Waals surface area (Å²) in [6.07, 6.45) is 3.16. The van der Waals surface area contributed by atoms with E-state index in [1.807, 2.05) is 24.3 Å². The molecule has 0 atom stereocenters. The number of amides is 1. The first-order chi connectivity index (χ1) is 10.5. The fourth-order valence-corrected chi connectivity index (χ4v) is 5.62. The molecule has 1 aliphatic carbocycles. The molecule has 1 saturated carbocycles. The maximum atomic E-state index is 12.4. The number of hydrogen-bond acceptors (Lipinski definition) is 3. The third-order valence-electron chi connectivity index (χ3n) is 5.32. The van der Waals surface area contributed by atoms with Gasteiger partial charge in [-0.2, -0.15) is 0 Å². The lowest BCUT2D eigenvalue weighted by Crippen LogP contribution is -2.54. The summed E-state index contributed by atoms with van der Waals surface area (Å²) >= 11 is 0. The second-order valence-electron chi connectivity index (χ2n) is 6.65. The molecule has 22 heavy (non-hydrogen) atoms. The minimum Gasteiger partial charge on any atom is -0.351 e. The van der Waals surface area contributed by atoms with Crippen LogP contribution in [0.15, 0.2) is 24.3 Å². The number of rotatable bonds is 2. The Morgan fingerprint density at radius 2 is 1.82 bits per heavy atom. The van der Waals surface area contributed by atoms with E-state index in [2.05, 4.69) is 5.32 Å². The number of nitrogens with one attached hydrogen (secondary N) is 1. The molecule has 6 heteroatoms. The van der Waals surface area contributed by atoms with Gasteiger partial charge in [-0.25, -0.2) is 12.7 Å². The van der Waals surface area contributed by atoms with Crippen LogP contribution in [0.4, 0.5) is 0 Å². The first kappa shape index (κ1) is 14.2. The van der Waals surface area contributed by atoms with Crippen molar-refractivity contribution in [3.8, 4) is 0 Å². The van der Waals surface area contributed by atoms with Crippen molar-refractivity contribution >= 4 is 15.9 Å². The van der Waals surface area contributed by atoms with Gasteiger partial charge < -0.3 is 5.32 Å². The molecule has 2 fully saturated rings. The monoisotopic (exact) mass is 320 g/mol. The highest BCUT2D eigenvalue weighted by Crippen LogP contribution is 2.41. The highest BCUT2D eigenvalue weighted by molar-refractivity contribution is 7.90. The van der Waals surface area contributed by atoms with Gasteiger partial charge in [-0.05, 0) is 37.3 Å². The summed E-state index contributed by atoms with van der Waals surface area (Å²) in [6, 6.07) is 7.73. The SMILES string of the molecule is O=C1NCC2(CCN(S(=O)(=O)C3CC3)CC2)c2ccccc21. The zero-order chi connectivity index (χ0) is 15.4. The third-order valence-corrected chi connectivity index (χ3v) is 7.71. The maximum absolute atomic E-state index is 12.4. The lowest BCUT2D eigenvalue weighted by atomic mass is 9.69. The highest BCUT2D eigenvalue weighted by Gasteiger charge is 2.46. The van der Waals surface area contributed by atoms with Crippen LogP contribution in [0.2, 0.25) is 0 Å². The van der Waals surface area contributed by atoms with Crippen molar-refractivity contribution in [3.05, 3.63) is 35.4 Å². The topological polar surface area (TPSA) is 66.5 Å². The molecule has 118 valence electrons. The summed E-state index contributed by atoms with van der Waals surface area (Å²) in [5.74, 6) is -0.0192. The number of fused-ring (bicyclic) bond motifs is 2. The summed E-state index contributed by atoms with van der Waals surface area (Å²) in [5.41, 5.74) is 1.72. The molecule has 0 aromatic heterocycles. The average Bonchev–Trinajstić information content (AvgIpc) is 3.38. The van der Waals surface area contributed by atoms with Gasteiger partial charge in [-0.1, -0.05) is 18.2 Å². The molecule has 0 radical (unpaired) electrons. The van der Waals surface area contributed by atoms with Crippen molar-refractivity contribution in [2.45, 2.75) is 36.3 Å². The van der Waals surface area contributed by atoms with Gasteiger partial charge >= 0.3 is 0 Å². The fourth-order valence-electron chi connectivity index (χ4n) is 3.78. The quantitative estimate of drug-likeness (QED) is 0.892. The molecule has 5 nitrogen and oxygen atoms in total. The summed E-state index contributed by atoms with van der Waals surface area (Å²) in [5, 5.41) is 2.84. The second-order valence-corrected chi connectivity index (χ2v) is 8.86. The van der Waals surface area contributed by atoms with Gasteiger partial charge in [-0.3, -0.25) is 4.79 Å². The molecule has 1 aromatic rings. The van der Waals surface area contributed by atoms with Crippen molar-refractivity contribution in [3.63, 3.8) is 0 Å². The number of benzene rings is 1. The first-order valence-corrected chi connectivity index (χ1v) is 9.40. The van der Waals surface area contributed by atoms with Gasteiger partial charge in [-0.15, -0.1) is 0 Å². The average molecular weight is 320 g/mol. The number of carbonyl (C=O) groups excluding carboxylic acids is 1. The highest BCUT2D eigenvalue weighted by atomic mass is 32.2. The number of sulfonamides is 1. The third kappa shape index (κ3) is 2.08. The summed E-state index contributed by atoms with van der Waals surface area (Å²) in [6.45, 7) is 1.73. The number of piperidine rings is 1. The molecule has 3 aliphatic rings. The van der Waals surface area contributed by atoms with E-state index in [-0.39, 0.29) is 16.6 Å². The summed E-state index contributed by atoms with van der Waals surface area (Å²) in [7, 11) is -3.09. The van der Waals surface area contributed by atoms with Crippen LogP contribution in [-0.4, -0.2) is 43.5 Å². The fraction of sp³-hybridized carbons (Fsp3) is 0.562. The summed E-state index contributed by atoms with van der Waals surface area (Å²) < 4.78 is 26.4. The van der Waals surface area contributed by atoms with Crippen LogP contribution in [0.1, 0.15) is 41.6 Å². The van der Waals surface area contributed by atoms with Crippen LogP contribution in [0.25, 0.3) is 0 Å². The van der Waals surface area contributed by atoms with Crippen LogP contribution in [-0.2, 0) is 15.4 Å². The molecule has 0 bridgehead atoms. The molecular weight excluding hydrogens is 300 g/mol. The zero-order valence-electron chi connectivity index (χ0n) is 12.4. The summed E-state index contributed by atoms with van der Waals surface area (Å²) in [4.78, 5) is 12.0. The van der Waals surface area contributed by atoms with Crippen molar-refractivity contribution in [2.24, 2.45) is 0 Å². The van der Waals surface area contributed by atoms with Crippen molar-refractivity contribution in [2.75, 3.05) is 19.6 Å². The molecule has 1 N–H and O–H groups in total. The van der Waals surface area contributed by atoms with Crippen LogP contribution in [0.5, 0.6) is 0 Å². The van der Waals surface area contributed by atoms with Gasteiger partial charge in [0, 0.05) is 30.6 Å². The first-order valence-electron chi connectivity index (χ1n) is 7.90. The number of nitrogens with zero attached hydrogens (tertiary/aromatic N) is 1. The predicted molar refractivity (Wildman–Crippen MR) is 83.2 cm³/mol.